The fourth-order valence-electron chi connectivity index (χ4n) is 3.17. The Hall–Kier alpha value is 0.270. The average molecular weight is 273 g/mol. The van der Waals surface area contributed by atoms with Crippen LogP contribution in [0.4, 0.5) is 0 Å². The summed E-state index contributed by atoms with van der Waals surface area (Å²) < 4.78 is 6.23. The van der Waals surface area contributed by atoms with Crippen LogP contribution in [0.5, 0.6) is 0 Å². The van der Waals surface area contributed by atoms with E-state index in [2.05, 4.69) is 58.6 Å². The van der Waals surface area contributed by atoms with Gasteiger partial charge in [0, 0.05) is 17.7 Å². The zero-order chi connectivity index (χ0) is 13.8. The predicted molar refractivity (Wildman–Crippen MR) is 82.4 cm³/mol. The first-order valence-corrected chi connectivity index (χ1v) is 8.49. The Morgan fingerprint density at radius 2 is 1.94 bits per heavy atom. The fraction of sp³-hybridized carbons (Fsp3) is 1.00. The molecule has 108 valence electrons. The number of nitrogens with one attached hydrogen (secondary N) is 1. The Morgan fingerprint density at radius 1 is 1.28 bits per heavy atom. The third-order valence-corrected chi connectivity index (χ3v) is 5.03. The first-order chi connectivity index (χ1) is 8.32. The SMILES string of the molecule is CCCSCC(NCC)C1CC(C)(C)OC1(C)C. The van der Waals surface area contributed by atoms with Gasteiger partial charge < -0.3 is 10.1 Å². The van der Waals surface area contributed by atoms with Crippen LogP contribution >= 0.6 is 11.8 Å². The molecule has 18 heavy (non-hydrogen) atoms. The molecule has 2 unspecified atom stereocenters. The molecule has 0 radical (unpaired) electrons. The highest BCUT2D eigenvalue weighted by atomic mass is 32.2. The molecule has 0 aliphatic carbocycles. The van der Waals surface area contributed by atoms with Crippen LogP contribution < -0.4 is 5.32 Å². The molecule has 1 heterocycles. The van der Waals surface area contributed by atoms with Crippen molar-refractivity contribution >= 4 is 11.8 Å². The Kier molecular flexibility index (Phi) is 6.01. The lowest BCUT2D eigenvalue weighted by molar-refractivity contribution is -0.0769. The third-order valence-electron chi connectivity index (χ3n) is 3.74. The molecule has 2 atom stereocenters. The van der Waals surface area contributed by atoms with E-state index in [4.69, 9.17) is 4.74 Å². The molecular formula is C15H31NOS. The summed E-state index contributed by atoms with van der Waals surface area (Å²) in [4.78, 5) is 0. The normalized spacial score (nSPS) is 27.3. The van der Waals surface area contributed by atoms with Crippen molar-refractivity contribution in [2.75, 3.05) is 18.1 Å². The second kappa shape index (κ2) is 6.62. The molecule has 0 bridgehead atoms. The summed E-state index contributed by atoms with van der Waals surface area (Å²) in [6.45, 7) is 14.4. The van der Waals surface area contributed by atoms with E-state index < -0.39 is 0 Å². The van der Waals surface area contributed by atoms with Crippen LogP contribution in [-0.2, 0) is 4.74 Å². The average Bonchev–Trinajstić information content (AvgIpc) is 2.46. The van der Waals surface area contributed by atoms with Crippen molar-refractivity contribution in [3.05, 3.63) is 0 Å². The van der Waals surface area contributed by atoms with Gasteiger partial charge in [-0.25, -0.2) is 0 Å². The molecule has 1 N–H and O–H groups in total. The maximum atomic E-state index is 6.23. The van der Waals surface area contributed by atoms with Crippen LogP contribution in [0, 0.1) is 5.92 Å². The van der Waals surface area contributed by atoms with E-state index in [0.717, 1.165) is 13.0 Å². The van der Waals surface area contributed by atoms with Gasteiger partial charge >= 0.3 is 0 Å². The quantitative estimate of drug-likeness (QED) is 0.715. The van der Waals surface area contributed by atoms with E-state index in [1.807, 2.05) is 0 Å². The molecule has 0 aromatic heterocycles. The molecule has 3 heteroatoms. The maximum absolute atomic E-state index is 6.23. The van der Waals surface area contributed by atoms with Crippen LogP contribution in [0.25, 0.3) is 0 Å². The zero-order valence-electron chi connectivity index (χ0n) is 13.0. The highest BCUT2D eigenvalue weighted by molar-refractivity contribution is 7.99. The summed E-state index contributed by atoms with van der Waals surface area (Å²) >= 11 is 2.07. The molecule has 1 aliphatic heterocycles. The van der Waals surface area contributed by atoms with Gasteiger partial charge in [-0.05, 0) is 52.8 Å². The summed E-state index contributed by atoms with van der Waals surface area (Å²) in [6, 6.07) is 0.573. The molecule has 0 aromatic rings. The van der Waals surface area contributed by atoms with Crippen molar-refractivity contribution < 1.29 is 4.74 Å². The summed E-state index contributed by atoms with van der Waals surface area (Å²) in [6.07, 6.45) is 2.42. The standard InChI is InChI=1S/C15H31NOS/c1-7-9-18-11-13(16-8-2)12-10-14(3,4)17-15(12,5)6/h12-13,16H,7-11H2,1-6H3. The first-order valence-electron chi connectivity index (χ1n) is 7.33. The Bertz CT molecular complexity index is 253. The van der Waals surface area contributed by atoms with Crippen LogP contribution in [0.1, 0.15) is 54.4 Å². The van der Waals surface area contributed by atoms with Crippen LogP contribution in [-0.4, -0.2) is 35.3 Å². The summed E-state index contributed by atoms with van der Waals surface area (Å²) in [5.74, 6) is 3.07. The maximum Gasteiger partial charge on any atom is 0.0678 e. The largest absolute Gasteiger partial charge is 0.369 e. The third kappa shape index (κ3) is 4.43. The van der Waals surface area contributed by atoms with Gasteiger partial charge in [-0.1, -0.05) is 13.8 Å². The summed E-state index contributed by atoms with van der Waals surface area (Å²) in [7, 11) is 0. The van der Waals surface area contributed by atoms with Gasteiger partial charge in [-0.2, -0.15) is 11.8 Å². The summed E-state index contributed by atoms with van der Waals surface area (Å²) in [5.41, 5.74) is 0.0143. The first kappa shape index (κ1) is 16.3. The van der Waals surface area contributed by atoms with E-state index in [1.165, 1.54) is 17.9 Å². The lowest BCUT2D eigenvalue weighted by atomic mass is 9.82. The minimum atomic E-state index is -0.0108. The molecule has 1 fully saturated rings. The van der Waals surface area contributed by atoms with Gasteiger partial charge in [0.1, 0.15) is 0 Å². The lowest BCUT2D eigenvalue weighted by Crippen LogP contribution is -2.45. The highest BCUT2D eigenvalue weighted by Gasteiger charge is 2.48. The van der Waals surface area contributed by atoms with Gasteiger partial charge in [0.05, 0.1) is 11.2 Å². The second-order valence-corrected chi connectivity index (χ2v) is 7.66. The second-order valence-electron chi connectivity index (χ2n) is 6.51. The van der Waals surface area contributed by atoms with Gasteiger partial charge in [-0.3, -0.25) is 0 Å². The van der Waals surface area contributed by atoms with E-state index in [0.29, 0.717) is 12.0 Å². The van der Waals surface area contributed by atoms with E-state index >= 15 is 0 Å². The van der Waals surface area contributed by atoms with Crippen molar-refractivity contribution in [1.82, 2.24) is 5.32 Å². The number of thioether (sulfide) groups is 1. The van der Waals surface area contributed by atoms with E-state index in [-0.39, 0.29) is 11.2 Å². The zero-order valence-corrected chi connectivity index (χ0v) is 13.8. The minimum Gasteiger partial charge on any atom is -0.369 e. The monoisotopic (exact) mass is 273 g/mol. The molecular weight excluding hydrogens is 242 g/mol. The molecule has 0 aromatic carbocycles. The molecule has 0 amide bonds. The molecule has 1 aliphatic rings. The smallest absolute Gasteiger partial charge is 0.0678 e. The van der Waals surface area contributed by atoms with Crippen molar-refractivity contribution in [2.45, 2.75) is 71.6 Å². The van der Waals surface area contributed by atoms with Crippen molar-refractivity contribution in [3.8, 4) is 0 Å². The van der Waals surface area contributed by atoms with Crippen LogP contribution in [0.2, 0.25) is 0 Å². The molecule has 1 saturated heterocycles. The fourth-order valence-corrected chi connectivity index (χ4v) is 4.23. The lowest BCUT2D eigenvalue weighted by Gasteiger charge is -2.33. The van der Waals surface area contributed by atoms with Crippen LogP contribution in [0.3, 0.4) is 0 Å². The van der Waals surface area contributed by atoms with Crippen LogP contribution in [0.15, 0.2) is 0 Å². The van der Waals surface area contributed by atoms with E-state index in [9.17, 15) is 0 Å². The minimum absolute atomic E-state index is 0.0108. The Balaban J connectivity index is 2.66. The Morgan fingerprint density at radius 3 is 2.39 bits per heavy atom. The summed E-state index contributed by atoms with van der Waals surface area (Å²) in [5, 5.41) is 3.68. The van der Waals surface area contributed by atoms with Gasteiger partial charge in [0.25, 0.3) is 0 Å². The number of hydrogen-bond donors (Lipinski definition) is 1. The van der Waals surface area contributed by atoms with Crippen molar-refractivity contribution in [2.24, 2.45) is 5.92 Å². The van der Waals surface area contributed by atoms with Crippen molar-refractivity contribution in [1.29, 1.82) is 0 Å². The number of ether oxygens (including phenoxy) is 1. The number of hydrogen-bond acceptors (Lipinski definition) is 3. The Labute approximate surface area is 118 Å². The number of rotatable bonds is 7. The molecule has 0 spiro atoms. The predicted octanol–water partition coefficient (Wildman–Crippen LogP) is 3.70. The highest BCUT2D eigenvalue weighted by Crippen LogP contribution is 2.44. The topological polar surface area (TPSA) is 21.3 Å². The van der Waals surface area contributed by atoms with Gasteiger partial charge in [0.2, 0.25) is 0 Å². The van der Waals surface area contributed by atoms with Gasteiger partial charge in [0.15, 0.2) is 0 Å². The molecule has 2 nitrogen and oxygen atoms in total. The molecule has 0 saturated carbocycles. The van der Waals surface area contributed by atoms with Gasteiger partial charge in [-0.15, -0.1) is 0 Å². The molecule has 1 rings (SSSR count). The van der Waals surface area contributed by atoms with Crippen molar-refractivity contribution in [3.63, 3.8) is 0 Å². The van der Waals surface area contributed by atoms with E-state index in [1.54, 1.807) is 0 Å².